The fourth-order valence-corrected chi connectivity index (χ4v) is 2.43. The van der Waals surface area contributed by atoms with Crippen molar-refractivity contribution in [3.8, 4) is 0 Å². The molecule has 2 heterocycles. The lowest BCUT2D eigenvalue weighted by molar-refractivity contribution is -0.272. The zero-order valence-corrected chi connectivity index (χ0v) is 10.9. The van der Waals surface area contributed by atoms with Gasteiger partial charge in [-0.1, -0.05) is 30.3 Å². The molecule has 4 heteroatoms. The highest BCUT2D eigenvalue weighted by molar-refractivity contribution is 5.16. The molecule has 0 unspecified atom stereocenters. The highest BCUT2D eigenvalue weighted by Crippen LogP contribution is 2.26. The first-order chi connectivity index (χ1) is 9.36. The third-order valence-electron chi connectivity index (χ3n) is 3.32. The van der Waals surface area contributed by atoms with Gasteiger partial charge < -0.3 is 14.0 Å². The summed E-state index contributed by atoms with van der Waals surface area (Å²) in [6, 6.07) is 10.3. The Bertz CT molecular complexity index is 490. The van der Waals surface area contributed by atoms with Crippen molar-refractivity contribution in [1.29, 1.82) is 0 Å². The van der Waals surface area contributed by atoms with Gasteiger partial charge >= 0.3 is 0 Å². The molecule has 0 N–H and O–H groups in total. The second-order valence-corrected chi connectivity index (χ2v) is 4.86. The molecule has 0 spiro atoms. The highest BCUT2D eigenvalue weighted by atomic mass is 16.7. The molecule has 1 fully saturated rings. The van der Waals surface area contributed by atoms with Crippen molar-refractivity contribution in [3.05, 3.63) is 54.6 Å². The predicted octanol–water partition coefficient (Wildman–Crippen LogP) is 2.26. The van der Waals surface area contributed by atoms with E-state index in [0.29, 0.717) is 6.54 Å². The Morgan fingerprint density at radius 3 is 2.63 bits per heavy atom. The number of aromatic nitrogens is 2. The van der Waals surface area contributed by atoms with Crippen LogP contribution in [0.3, 0.4) is 0 Å². The maximum atomic E-state index is 5.97. The second kappa shape index (κ2) is 5.55. The average Bonchev–Trinajstić information content (AvgIpc) is 2.93. The van der Waals surface area contributed by atoms with Crippen LogP contribution < -0.4 is 0 Å². The van der Waals surface area contributed by atoms with E-state index < -0.39 is 5.79 Å². The molecule has 0 aliphatic carbocycles. The van der Waals surface area contributed by atoms with E-state index in [1.54, 1.807) is 12.5 Å². The number of nitrogens with zero attached hydrogens (tertiary/aromatic N) is 2. The van der Waals surface area contributed by atoms with Gasteiger partial charge in [0.15, 0.2) is 5.79 Å². The fraction of sp³-hybridized carbons (Fsp3) is 0.400. The van der Waals surface area contributed by atoms with E-state index in [1.807, 2.05) is 29.0 Å². The molecule has 3 rings (SSSR count). The van der Waals surface area contributed by atoms with Crippen molar-refractivity contribution in [1.82, 2.24) is 9.55 Å². The summed E-state index contributed by atoms with van der Waals surface area (Å²) < 4.78 is 14.0. The highest BCUT2D eigenvalue weighted by Gasteiger charge is 2.35. The van der Waals surface area contributed by atoms with Crippen LogP contribution in [-0.2, 0) is 22.4 Å². The van der Waals surface area contributed by atoms with Crippen LogP contribution in [0.5, 0.6) is 0 Å². The molecule has 100 valence electrons. The topological polar surface area (TPSA) is 36.3 Å². The van der Waals surface area contributed by atoms with E-state index >= 15 is 0 Å². The summed E-state index contributed by atoms with van der Waals surface area (Å²) in [6.07, 6.45) is 7.23. The van der Waals surface area contributed by atoms with E-state index in [2.05, 4.69) is 17.1 Å². The lowest BCUT2D eigenvalue weighted by Gasteiger charge is -2.37. The molecule has 0 atom stereocenters. The maximum Gasteiger partial charge on any atom is 0.190 e. The molecule has 0 saturated carbocycles. The van der Waals surface area contributed by atoms with E-state index in [4.69, 9.17) is 9.47 Å². The fourth-order valence-electron chi connectivity index (χ4n) is 2.43. The predicted molar refractivity (Wildman–Crippen MR) is 71.6 cm³/mol. The summed E-state index contributed by atoms with van der Waals surface area (Å²) in [7, 11) is 0. The van der Waals surface area contributed by atoms with Crippen LogP contribution in [0.25, 0.3) is 0 Å². The first kappa shape index (κ1) is 12.4. The van der Waals surface area contributed by atoms with Crippen LogP contribution in [0.15, 0.2) is 49.1 Å². The standard InChI is InChI=1S/C15H18N2O2/c1-2-5-14(6-3-1)11-15(18-9-4-10-19-15)12-17-8-7-16-13-17/h1-3,5-8,13H,4,9-12H2. The largest absolute Gasteiger partial charge is 0.348 e. The molecule has 1 aromatic carbocycles. The molecular weight excluding hydrogens is 240 g/mol. The van der Waals surface area contributed by atoms with E-state index in [1.165, 1.54) is 5.56 Å². The van der Waals surface area contributed by atoms with Gasteiger partial charge in [0, 0.05) is 18.8 Å². The minimum atomic E-state index is -0.569. The molecular formula is C15H18N2O2. The lowest BCUT2D eigenvalue weighted by Crippen LogP contribution is -2.46. The minimum absolute atomic E-state index is 0.569. The monoisotopic (exact) mass is 258 g/mol. The quantitative estimate of drug-likeness (QED) is 0.844. The number of imidazole rings is 1. The maximum absolute atomic E-state index is 5.97. The zero-order chi connectivity index (χ0) is 13.0. The Morgan fingerprint density at radius 1 is 1.16 bits per heavy atom. The summed E-state index contributed by atoms with van der Waals surface area (Å²) in [5.41, 5.74) is 1.23. The first-order valence-corrected chi connectivity index (χ1v) is 6.64. The van der Waals surface area contributed by atoms with Crippen molar-refractivity contribution >= 4 is 0 Å². The van der Waals surface area contributed by atoms with Gasteiger partial charge in [-0.3, -0.25) is 0 Å². The molecule has 4 nitrogen and oxygen atoms in total. The van der Waals surface area contributed by atoms with Gasteiger partial charge in [0.2, 0.25) is 0 Å². The van der Waals surface area contributed by atoms with Gasteiger partial charge in [-0.2, -0.15) is 0 Å². The normalized spacial score (nSPS) is 18.3. The molecule has 2 aromatic rings. The van der Waals surface area contributed by atoms with Crippen LogP contribution in [0, 0.1) is 0 Å². The van der Waals surface area contributed by atoms with E-state index in [-0.39, 0.29) is 0 Å². The van der Waals surface area contributed by atoms with Crippen molar-refractivity contribution in [2.24, 2.45) is 0 Å². The number of hydrogen-bond acceptors (Lipinski definition) is 3. The average molecular weight is 258 g/mol. The van der Waals surface area contributed by atoms with Crippen molar-refractivity contribution in [3.63, 3.8) is 0 Å². The van der Waals surface area contributed by atoms with Crippen molar-refractivity contribution < 1.29 is 9.47 Å². The molecule has 19 heavy (non-hydrogen) atoms. The van der Waals surface area contributed by atoms with Crippen LogP contribution in [-0.4, -0.2) is 28.6 Å². The Morgan fingerprint density at radius 2 is 1.95 bits per heavy atom. The zero-order valence-electron chi connectivity index (χ0n) is 10.9. The van der Waals surface area contributed by atoms with Crippen molar-refractivity contribution in [2.45, 2.75) is 25.2 Å². The summed E-state index contributed by atoms with van der Waals surface area (Å²) in [5.74, 6) is -0.569. The Labute approximate surface area is 113 Å². The summed E-state index contributed by atoms with van der Waals surface area (Å²) in [6.45, 7) is 2.17. The van der Waals surface area contributed by atoms with Crippen LogP contribution >= 0.6 is 0 Å². The Balaban J connectivity index is 1.80. The minimum Gasteiger partial charge on any atom is -0.348 e. The van der Waals surface area contributed by atoms with Crippen molar-refractivity contribution in [2.75, 3.05) is 13.2 Å². The van der Waals surface area contributed by atoms with Crippen LogP contribution in [0.1, 0.15) is 12.0 Å². The van der Waals surface area contributed by atoms with Crippen LogP contribution in [0.4, 0.5) is 0 Å². The van der Waals surface area contributed by atoms with Gasteiger partial charge in [-0.05, 0) is 12.0 Å². The smallest absolute Gasteiger partial charge is 0.190 e. The third kappa shape index (κ3) is 3.03. The molecule has 1 aliphatic rings. The molecule has 0 amide bonds. The van der Waals surface area contributed by atoms with Gasteiger partial charge in [0.05, 0.1) is 26.1 Å². The molecule has 1 saturated heterocycles. The summed E-state index contributed by atoms with van der Waals surface area (Å²) in [5, 5.41) is 0. The number of benzene rings is 1. The van der Waals surface area contributed by atoms with Gasteiger partial charge in [0.1, 0.15) is 0 Å². The summed E-state index contributed by atoms with van der Waals surface area (Å²) >= 11 is 0. The van der Waals surface area contributed by atoms with Gasteiger partial charge in [-0.25, -0.2) is 4.98 Å². The summed E-state index contributed by atoms with van der Waals surface area (Å²) in [4.78, 5) is 4.08. The third-order valence-corrected chi connectivity index (χ3v) is 3.32. The molecule has 0 bridgehead atoms. The van der Waals surface area contributed by atoms with E-state index in [0.717, 1.165) is 26.1 Å². The van der Waals surface area contributed by atoms with E-state index in [9.17, 15) is 0 Å². The Kier molecular flexibility index (Phi) is 3.62. The number of hydrogen-bond donors (Lipinski definition) is 0. The van der Waals surface area contributed by atoms with Gasteiger partial charge in [0.25, 0.3) is 0 Å². The Hall–Kier alpha value is -1.65. The second-order valence-electron chi connectivity index (χ2n) is 4.86. The van der Waals surface area contributed by atoms with Crippen LogP contribution in [0.2, 0.25) is 0 Å². The first-order valence-electron chi connectivity index (χ1n) is 6.64. The number of ether oxygens (including phenoxy) is 2. The molecule has 1 aliphatic heterocycles. The van der Waals surface area contributed by atoms with Gasteiger partial charge in [-0.15, -0.1) is 0 Å². The SMILES string of the molecule is c1ccc(CC2(Cn3ccnc3)OCCCO2)cc1. The lowest BCUT2D eigenvalue weighted by atomic mass is 10.0. The molecule has 1 aromatic heterocycles. The number of rotatable bonds is 4. The molecule has 0 radical (unpaired) electrons.